The Morgan fingerprint density at radius 3 is 2.79 bits per heavy atom. The molecule has 0 aliphatic carbocycles. The van der Waals surface area contributed by atoms with Crippen LogP contribution in [0.25, 0.3) is 0 Å². The number of aromatic nitrogens is 2. The van der Waals surface area contributed by atoms with Gasteiger partial charge in [0.1, 0.15) is 5.69 Å². The molecule has 0 spiro atoms. The quantitative estimate of drug-likeness (QED) is 0.727. The summed E-state index contributed by atoms with van der Waals surface area (Å²) < 4.78 is 5.59. The number of rotatable bonds is 8. The number of aryl methyl sites for hydroxylation is 1. The molecule has 3 rings (SSSR count). The number of benzene rings is 1. The molecule has 1 unspecified atom stereocenters. The summed E-state index contributed by atoms with van der Waals surface area (Å²) in [4.78, 5) is 23.4. The van der Waals surface area contributed by atoms with Crippen LogP contribution in [-0.2, 0) is 4.74 Å². The van der Waals surface area contributed by atoms with E-state index < -0.39 is 0 Å². The standard InChI is InChI=1S/C21H29N5O2/c1-4-26(5-2)16-8-9-18(15(3)13-16)24-20(27)19-10-11-22-21(25-19)23-14-17-7-6-12-28-17/h8-11,13,17H,4-7,12,14H2,1-3H3,(H,24,27)(H,22,23,25). The van der Waals surface area contributed by atoms with Crippen LogP contribution in [0.15, 0.2) is 30.5 Å². The number of carbonyl (C=O) groups is 1. The Morgan fingerprint density at radius 1 is 1.29 bits per heavy atom. The molecule has 2 N–H and O–H groups in total. The van der Waals surface area contributed by atoms with E-state index in [0.717, 1.165) is 49.5 Å². The summed E-state index contributed by atoms with van der Waals surface area (Å²) in [6, 6.07) is 7.69. The highest BCUT2D eigenvalue weighted by Crippen LogP contribution is 2.23. The van der Waals surface area contributed by atoms with Crippen LogP contribution in [0, 0.1) is 6.92 Å². The van der Waals surface area contributed by atoms with Gasteiger partial charge in [0.25, 0.3) is 5.91 Å². The highest BCUT2D eigenvalue weighted by Gasteiger charge is 2.16. The maximum absolute atomic E-state index is 12.6. The van der Waals surface area contributed by atoms with E-state index in [1.54, 1.807) is 12.3 Å². The van der Waals surface area contributed by atoms with Crippen molar-refractivity contribution >= 4 is 23.2 Å². The van der Waals surface area contributed by atoms with E-state index in [-0.39, 0.29) is 12.0 Å². The second kappa shape index (κ2) is 9.50. The molecule has 1 fully saturated rings. The molecule has 0 bridgehead atoms. The molecule has 1 aromatic heterocycles. The van der Waals surface area contributed by atoms with E-state index in [0.29, 0.717) is 18.2 Å². The summed E-state index contributed by atoms with van der Waals surface area (Å²) >= 11 is 0. The number of anilines is 3. The number of hydrogen-bond donors (Lipinski definition) is 2. The van der Waals surface area contributed by atoms with Crippen LogP contribution in [0.3, 0.4) is 0 Å². The summed E-state index contributed by atoms with van der Waals surface area (Å²) in [6.07, 6.45) is 3.90. The highest BCUT2D eigenvalue weighted by atomic mass is 16.5. The van der Waals surface area contributed by atoms with Crippen molar-refractivity contribution in [1.29, 1.82) is 0 Å². The lowest BCUT2D eigenvalue weighted by atomic mass is 10.1. The molecule has 2 aromatic rings. The zero-order valence-electron chi connectivity index (χ0n) is 16.9. The van der Waals surface area contributed by atoms with Gasteiger partial charge in [0.05, 0.1) is 6.10 Å². The minimum absolute atomic E-state index is 0.188. The molecule has 1 aliphatic rings. The molecule has 1 atom stereocenters. The van der Waals surface area contributed by atoms with E-state index in [4.69, 9.17) is 4.74 Å². The third-order valence-corrected chi connectivity index (χ3v) is 4.99. The molecule has 0 saturated carbocycles. The Balaban J connectivity index is 1.64. The molecule has 7 nitrogen and oxygen atoms in total. The van der Waals surface area contributed by atoms with Gasteiger partial charge in [-0.3, -0.25) is 4.79 Å². The summed E-state index contributed by atoms with van der Waals surface area (Å²) in [6.45, 7) is 9.62. The third-order valence-electron chi connectivity index (χ3n) is 4.99. The second-order valence-electron chi connectivity index (χ2n) is 6.91. The predicted octanol–water partition coefficient (Wildman–Crippen LogP) is 3.47. The lowest BCUT2D eigenvalue weighted by molar-refractivity contribution is 0.102. The van der Waals surface area contributed by atoms with Gasteiger partial charge in [0.15, 0.2) is 0 Å². The zero-order valence-corrected chi connectivity index (χ0v) is 16.9. The maximum atomic E-state index is 12.6. The topological polar surface area (TPSA) is 79.4 Å². The van der Waals surface area contributed by atoms with Gasteiger partial charge in [-0.15, -0.1) is 0 Å². The third kappa shape index (κ3) is 4.98. The first kappa shape index (κ1) is 20.1. The first-order valence-electron chi connectivity index (χ1n) is 9.96. The van der Waals surface area contributed by atoms with Gasteiger partial charge in [0.2, 0.25) is 5.95 Å². The first-order chi connectivity index (χ1) is 13.6. The van der Waals surface area contributed by atoms with Crippen LogP contribution in [0.4, 0.5) is 17.3 Å². The SMILES string of the molecule is CCN(CC)c1ccc(NC(=O)c2ccnc(NCC3CCCO3)n2)c(C)c1. The molecular weight excluding hydrogens is 354 g/mol. The van der Waals surface area contributed by atoms with Crippen LogP contribution >= 0.6 is 0 Å². The van der Waals surface area contributed by atoms with Crippen molar-refractivity contribution in [3.05, 3.63) is 41.7 Å². The van der Waals surface area contributed by atoms with Crippen molar-refractivity contribution < 1.29 is 9.53 Å². The van der Waals surface area contributed by atoms with Crippen molar-refractivity contribution in [3.8, 4) is 0 Å². The largest absolute Gasteiger partial charge is 0.376 e. The minimum Gasteiger partial charge on any atom is -0.376 e. The van der Waals surface area contributed by atoms with Gasteiger partial charge in [-0.2, -0.15) is 0 Å². The Kier molecular flexibility index (Phi) is 6.81. The Bertz CT molecular complexity index is 801. The summed E-state index contributed by atoms with van der Waals surface area (Å²) in [7, 11) is 0. The lowest BCUT2D eigenvalue weighted by Crippen LogP contribution is -2.22. The van der Waals surface area contributed by atoms with Crippen molar-refractivity contribution in [1.82, 2.24) is 9.97 Å². The minimum atomic E-state index is -0.249. The number of hydrogen-bond acceptors (Lipinski definition) is 6. The summed E-state index contributed by atoms with van der Waals surface area (Å²) in [5.41, 5.74) is 3.29. The Hall–Kier alpha value is -2.67. The lowest BCUT2D eigenvalue weighted by Gasteiger charge is -2.22. The monoisotopic (exact) mass is 383 g/mol. The molecule has 1 amide bonds. The highest BCUT2D eigenvalue weighted by molar-refractivity contribution is 6.03. The molecular formula is C21H29N5O2. The van der Waals surface area contributed by atoms with Gasteiger partial charge in [-0.1, -0.05) is 0 Å². The van der Waals surface area contributed by atoms with E-state index in [2.05, 4.69) is 45.4 Å². The average molecular weight is 383 g/mol. The molecule has 0 radical (unpaired) electrons. The zero-order chi connectivity index (χ0) is 19.9. The molecule has 1 aromatic carbocycles. The predicted molar refractivity (Wildman–Crippen MR) is 112 cm³/mol. The summed E-state index contributed by atoms with van der Waals surface area (Å²) in [5.74, 6) is 0.193. The number of carbonyl (C=O) groups excluding carboxylic acids is 1. The Labute approximate surface area is 166 Å². The van der Waals surface area contributed by atoms with E-state index >= 15 is 0 Å². The van der Waals surface area contributed by atoms with Gasteiger partial charge in [-0.05, 0) is 63.4 Å². The number of ether oxygens (including phenoxy) is 1. The molecule has 150 valence electrons. The van der Waals surface area contributed by atoms with Gasteiger partial charge >= 0.3 is 0 Å². The van der Waals surface area contributed by atoms with Crippen molar-refractivity contribution in [2.45, 2.75) is 39.7 Å². The number of amides is 1. The fourth-order valence-electron chi connectivity index (χ4n) is 3.34. The smallest absolute Gasteiger partial charge is 0.274 e. The second-order valence-corrected chi connectivity index (χ2v) is 6.91. The fraction of sp³-hybridized carbons (Fsp3) is 0.476. The van der Waals surface area contributed by atoms with Crippen molar-refractivity contribution in [3.63, 3.8) is 0 Å². The summed E-state index contributed by atoms with van der Waals surface area (Å²) in [5, 5.41) is 6.11. The van der Waals surface area contributed by atoms with Crippen LogP contribution in [0.1, 0.15) is 42.7 Å². The maximum Gasteiger partial charge on any atom is 0.274 e. The van der Waals surface area contributed by atoms with Crippen molar-refractivity contribution in [2.75, 3.05) is 41.8 Å². The molecule has 7 heteroatoms. The molecule has 28 heavy (non-hydrogen) atoms. The van der Waals surface area contributed by atoms with Gasteiger partial charge in [-0.25, -0.2) is 9.97 Å². The molecule has 1 aliphatic heterocycles. The van der Waals surface area contributed by atoms with E-state index in [1.165, 1.54) is 0 Å². The molecule has 1 saturated heterocycles. The van der Waals surface area contributed by atoms with E-state index in [9.17, 15) is 4.79 Å². The van der Waals surface area contributed by atoms with E-state index in [1.807, 2.05) is 19.1 Å². The Morgan fingerprint density at radius 2 is 2.11 bits per heavy atom. The molecule has 2 heterocycles. The van der Waals surface area contributed by atoms with Crippen molar-refractivity contribution in [2.24, 2.45) is 0 Å². The first-order valence-corrected chi connectivity index (χ1v) is 9.96. The number of nitrogens with zero attached hydrogens (tertiary/aromatic N) is 3. The van der Waals surface area contributed by atoms with Gasteiger partial charge in [0, 0.05) is 43.8 Å². The fourth-order valence-corrected chi connectivity index (χ4v) is 3.34. The van der Waals surface area contributed by atoms with Crippen LogP contribution in [0.2, 0.25) is 0 Å². The van der Waals surface area contributed by atoms with Crippen LogP contribution < -0.4 is 15.5 Å². The van der Waals surface area contributed by atoms with Crippen LogP contribution in [0.5, 0.6) is 0 Å². The average Bonchev–Trinajstić information content (AvgIpc) is 3.23. The van der Waals surface area contributed by atoms with Gasteiger partial charge < -0.3 is 20.3 Å². The normalized spacial score (nSPS) is 16.0. The number of nitrogens with one attached hydrogen (secondary N) is 2. The van der Waals surface area contributed by atoms with Crippen LogP contribution in [-0.4, -0.2) is 48.2 Å².